The fourth-order valence-corrected chi connectivity index (χ4v) is 3.63. The molecule has 0 bridgehead atoms. The first kappa shape index (κ1) is 16.8. The highest BCUT2D eigenvalue weighted by atomic mass is 35.5. The molecule has 0 aromatic heterocycles. The molecule has 118 valence electrons. The minimum absolute atomic E-state index is 0.193. The van der Waals surface area contributed by atoms with Crippen molar-refractivity contribution in [2.75, 3.05) is 13.1 Å². The highest BCUT2D eigenvalue weighted by Gasteiger charge is 2.32. The van der Waals surface area contributed by atoms with E-state index in [1.807, 2.05) is 12.1 Å². The van der Waals surface area contributed by atoms with Gasteiger partial charge in [0.25, 0.3) is 0 Å². The molecule has 21 heavy (non-hydrogen) atoms. The van der Waals surface area contributed by atoms with Crippen molar-refractivity contribution in [1.29, 1.82) is 0 Å². The number of hydrogen-bond donors (Lipinski definition) is 1. The first-order valence-corrected chi connectivity index (χ1v) is 8.54. The number of benzene rings is 1. The van der Waals surface area contributed by atoms with Gasteiger partial charge in [-0.3, -0.25) is 0 Å². The molecular weight excluding hydrogens is 285 g/mol. The van der Waals surface area contributed by atoms with Crippen LogP contribution in [-0.4, -0.2) is 13.1 Å². The van der Waals surface area contributed by atoms with E-state index in [0.717, 1.165) is 25.1 Å². The summed E-state index contributed by atoms with van der Waals surface area (Å²) >= 11 is 5.93. The molecule has 0 radical (unpaired) electrons. The van der Waals surface area contributed by atoms with Gasteiger partial charge < -0.3 is 5.32 Å². The Balaban J connectivity index is 2.10. The molecule has 0 atom stereocenters. The summed E-state index contributed by atoms with van der Waals surface area (Å²) in [4.78, 5) is 0. The van der Waals surface area contributed by atoms with Crippen LogP contribution in [0.2, 0.25) is 5.02 Å². The summed E-state index contributed by atoms with van der Waals surface area (Å²) in [6.45, 7) is 6.45. The minimum atomic E-state index is -0.229. The molecule has 1 fully saturated rings. The van der Waals surface area contributed by atoms with Gasteiger partial charge in [-0.15, -0.1) is 0 Å². The Labute approximate surface area is 133 Å². The summed E-state index contributed by atoms with van der Waals surface area (Å²) in [5.74, 6) is 0.418. The van der Waals surface area contributed by atoms with Crippen LogP contribution in [0.25, 0.3) is 0 Å². The lowest BCUT2D eigenvalue weighted by atomic mass is 9.70. The molecule has 0 amide bonds. The van der Waals surface area contributed by atoms with Crippen LogP contribution < -0.4 is 5.32 Å². The molecule has 1 N–H and O–H groups in total. The zero-order chi connectivity index (χ0) is 15.3. The summed E-state index contributed by atoms with van der Waals surface area (Å²) < 4.78 is 14.2. The zero-order valence-electron chi connectivity index (χ0n) is 13.2. The second-order valence-corrected chi connectivity index (χ2v) is 7.38. The Morgan fingerprint density at radius 1 is 1.24 bits per heavy atom. The van der Waals surface area contributed by atoms with E-state index < -0.39 is 0 Å². The molecule has 0 heterocycles. The van der Waals surface area contributed by atoms with Gasteiger partial charge in [-0.2, -0.15) is 0 Å². The van der Waals surface area contributed by atoms with Gasteiger partial charge in [0.15, 0.2) is 0 Å². The summed E-state index contributed by atoms with van der Waals surface area (Å²) in [5, 5.41) is 3.84. The average Bonchev–Trinajstić information content (AvgIpc) is 2.44. The highest BCUT2D eigenvalue weighted by Crippen LogP contribution is 2.39. The van der Waals surface area contributed by atoms with Crippen molar-refractivity contribution in [3.8, 4) is 0 Å². The van der Waals surface area contributed by atoms with Crippen molar-refractivity contribution in [2.45, 2.75) is 52.4 Å². The topological polar surface area (TPSA) is 12.0 Å². The minimum Gasteiger partial charge on any atom is -0.316 e. The molecule has 2 rings (SSSR count). The maximum Gasteiger partial charge on any atom is 0.144 e. The smallest absolute Gasteiger partial charge is 0.144 e. The van der Waals surface area contributed by atoms with Crippen LogP contribution in [0.5, 0.6) is 0 Å². The lowest BCUT2D eigenvalue weighted by molar-refractivity contribution is 0.177. The van der Waals surface area contributed by atoms with Gasteiger partial charge in [-0.25, -0.2) is 4.39 Å². The van der Waals surface area contributed by atoms with Crippen molar-refractivity contribution >= 4 is 11.6 Å². The first-order chi connectivity index (χ1) is 10.0. The van der Waals surface area contributed by atoms with E-state index in [-0.39, 0.29) is 16.3 Å². The monoisotopic (exact) mass is 311 g/mol. The number of hydrogen-bond acceptors (Lipinski definition) is 1. The van der Waals surface area contributed by atoms with Crippen LogP contribution in [-0.2, 0) is 6.42 Å². The molecular formula is C18H27ClFN. The van der Waals surface area contributed by atoms with E-state index >= 15 is 0 Å². The number of rotatable bonds is 6. The third-order valence-electron chi connectivity index (χ3n) is 4.56. The molecule has 1 aromatic carbocycles. The predicted molar refractivity (Wildman–Crippen MR) is 88.3 cm³/mol. The van der Waals surface area contributed by atoms with Gasteiger partial charge >= 0.3 is 0 Å². The number of halogens is 2. The summed E-state index contributed by atoms with van der Waals surface area (Å²) in [6.07, 6.45) is 6.99. The van der Waals surface area contributed by atoms with Gasteiger partial charge in [0.2, 0.25) is 0 Å². The maximum atomic E-state index is 14.2. The second kappa shape index (κ2) is 7.60. The molecule has 0 spiro atoms. The van der Waals surface area contributed by atoms with Crippen molar-refractivity contribution in [3.05, 3.63) is 34.6 Å². The largest absolute Gasteiger partial charge is 0.316 e. The fourth-order valence-electron chi connectivity index (χ4n) is 3.43. The van der Waals surface area contributed by atoms with Gasteiger partial charge in [-0.05, 0) is 48.8 Å². The number of nitrogens with one attached hydrogen (secondary N) is 1. The molecule has 1 nitrogen and oxygen atoms in total. The Hall–Kier alpha value is -0.600. The Kier molecular flexibility index (Phi) is 6.07. The van der Waals surface area contributed by atoms with Crippen LogP contribution in [0.1, 0.15) is 51.5 Å². The van der Waals surface area contributed by atoms with Crippen LogP contribution in [0, 0.1) is 17.2 Å². The first-order valence-electron chi connectivity index (χ1n) is 8.16. The van der Waals surface area contributed by atoms with Crippen molar-refractivity contribution in [2.24, 2.45) is 11.3 Å². The third kappa shape index (κ3) is 4.69. The van der Waals surface area contributed by atoms with Crippen LogP contribution in [0.3, 0.4) is 0 Å². The van der Waals surface area contributed by atoms with Crippen molar-refractivity contribution in [3.63, 3.8) is 0 Å². The van der Waals surface area contributed by atoms with Gasteiger partial charge in [0, 0.05) is 6.54 Å². The van der Waals surface area contributed by atoms with Crippen molar-refractivity contribution < 1.29 is 4.39 Å². The van der Waals surface area contributed by atoms with Crippen molar-refractivity contribution in [1.82, 2.24) is 5.32 Å². The SMILES string of the molecule is CC(C)CNCC1(Cc2cccc(Cl)c2F)CCCCC1. The summed E-state index contributed by atoms with van der Waals surface area (Å²) in [5.41, 5.74) is 0.967. The van der Waals surface area contributed by atoms with Gasteiger partial charge in [0.1, 0.15) is 5.82 Å². The predicted octanol–water partition coefficient (Wildman–Crippen LogP) is 5.22. The quantitative estimate of drug-likeness (QED) is 0.759. The average molecular weight is 312 g/mol. The normalized spacial score (nSPS) is 18.1. The molecule has 3 heteroatoms. The van der Waals surface area contributed by atoms with Crippen LogP contribution in [0.15, 0.2) is 18.2 Å². The molecule has 1 aliphatic carbocycles. The molecule has 0 saturated heterocycles. The lowest BCUT2D eigenvalue weighted by Crippen LogP contribution is -2.39. The van der Waals surface area contributed by atoms with E-state index in [4.69, 9.17) is 11.6 Å². The van der Waals surface area contributed by atoms with E-state index in [0.29, 0.717) is 5.92 Å². The summed E-state index contributed by atoms with van der Waals surface area (Å²) in [6, 6.07) is 5.38. The van der Waals surface area contributed by atoms with Gasteiger partial charge in [-0.1, -0.05) is 56.8 Å². The Morgan fingerprint density at radius 2 is 1.95 bits per heavy atom. The van der Waals surface area contributed by atoms with Crippen LogP contribution in [0.4, 0.5) is 4.39 Å². The second-order valence-electron chi connectivity index (χ2n) is 6.98. The van der Waals surface area contributed by atoms with Crippen LogP contribution >= 0.6 is 11.6 Å². The van der Waals surface area contributed by atoms with E-state index in [2.05, 4.69) is 19.2 Å². The van der Waals surface area contributed by atoms with E-state index in [1.54, 1.807) is 6.07 Å². The fraction of sp³-hybridized carbons (Fsp3) is 0.667. The Morgan fingerprint density at radius 3 is 2.62 bits per heavy atom. The van der Waals surface area contributed by atoms with Gasteiger partial charge in [0.05, 0.1) is 5.02 Å². The zero-order valence-corrected chi connectivity index (χ0v) is 14.0. The van der Waals surface area contributed by atoms with E-state index in [1.165, 1.54) is 32.1 Å². The molecule has 1 aliphatic rings. The van der Waals surface area contributed by atoms with E-state index in [9.17, 15) is 4.39 Å². The Bertz CT molecular complexity index is 453. The molecule has 1 saturated carbocycles. The third-order valence-corrected chi connectivity index (χ3v) is 4.86. The molecule has 1 aromatic rings. The maximum absolute atomic E-state index is 14.2. The molecule has 0 aliphatic heterocycles. The summed E-state index contributed by atoms with van der Waals surface area (Å²) in [7, 11) is 0. The molecule has 0 unspecified atom stereocenters. The highest BCUT2D eigenvalue weighted by molar-refractivity contribution is 6.30. The standard InChI is InChI=1S/C18H27ClFN/c1-14(2)12-21-13-18(9-4-3-5-10-18)11-15-7-6-8-16(19)17(15)20/h6-8,14,21H,3-5,9-13H2,1-2H3. The lowest BCUT2D eigenvalue weighted by Gasteiger charge is -2.38.